The van der Waals surface area contributed by atoms with Gasteiger partial charge in [-0.2, -0.15) is 0 Å². The summed E-state index contributed by atoms with van der Waals surface area (Å²) >= 11 is 0. The van der Waals surface area contributed by atoms with Crippen LogP contribution in [0.15, 0.2) is 0 Å². The Morgan fingerprint density at radius 3 is 2.83 bits per heavy atom. The zero-order valence-corrected chi connectivity index (χ0v) is 11.7. The Morgan fingerprint density at radius 2 is 2.00 bits per heavy atom. The van der Waals surface area contributed by atoms with Gasteiger partial charge in [0.15, 0.2) is 0 Å². The molecule has 0 spiro atoms. The van der Waals surface area contributed by atoms with Crippen LogP contribution < -0.4 is 5.32 Å². The average Bonchev–Trinajstić information content (AvgIpc) is 2.56. The molecule has 3 nitrogen and oxygen atoms in total. The van der Waals surface area contributed by atoms with Crippen LogP contribution in [0.5, 0.6) is 0 Å². The Bertz CT molecular complexity index is 233. The van der Waals surface area contributed by atoms with Gasteiger partial charge in [0.1, 0.15) is 0 Å². The van der Waals surface area contributed by atoms with Crippen LogP contribution in [-0.4, -0.2) is 36.0 Å². The first-order valence-corrected chi connectivity index (χ1v) is 7.85. The van der Waals surface area contributed by atoms with Crippen molar-refractivity contribution in [2.24, 2.45) is 0 Å². The third-order valence-corrected chi connectivity index (χ3v) is 4.41. The molecular weight excluding hydrogens is 226 g/mol. The minimum Gasteiger partial charge on any atom is -0.392 e. The number of hydrogen-bond donors (Lipinski definition) is 2. The molecule has 2 N–H and O–H groups in total. The van der Waals surface area contributed by atoms with Gasteiger partial charge in [-0.15, -0.1) is 0 Å². The summed E-state index contributed by atoms with van der Waals surface area (Å²) in [5.74, 6) is 0. The maximum atomic E-state index is 10.2. The molecule has 0 aromatic rings. The molecule has 4 atom stereocenters. The monoisotopic (exact) mass is 255 g/mol. The molecule has 2 fully saturated rings. The van der Waals surface area contributed by atoms with E-state index in [2.05, 4.69) is 12.2 Å². The Balaban J connectivity index is 1.80. The van der Waals surface area contributed by atoms with E-state index in [9.17, 15) is 5.11 Å². The molecule has 1 saturated carbocycles. The summed E-state index contributed by atoms with van der Waals surface area (Å²) in [5, 5.41) is 13.9. The molecule has 0 radical (unpaired) electrons. The number of hydrogen-bond acceptors (Lipinski definition) is 3. The fourth-order valence-electron chi connectivity index (χ4n) is 3.34. The predicted octanol–water partition coefficient (Wildman–Crippen LogP) is 2.62. The van der Waals surface area contributed by atoms with Crippen molar-refractivity contribution in [3.63, 3.8) is 0 Å². The summed E-state index contributed by atoms with van der Waals surface area (Å²) < 4.78 is 5.79. The molecule has 1 saturated heterocycles. The molecule has 0 aromatic heterocycles. The molecule has 0 amide bonds. The van der Waals surface area contributed by atoms with E-state index in [0.717, 1.165) is 32.3 Å². The third-order valence-electron chi connectivity index (χ3n) is 4.41. The molecule has 1 aliphatic heterocycles. The van der Waals surface area contributed by atoms with Gasteiger partial charge in [0.25, 0.3) is 0 Å². The first-order chi connectivity index (χ1) is 8.79. The van der Waals surface area contributed by atoms with Crippen molar-refractivity contribution in [1.82, 2.24) is 5.32 Å². The van der Waals surface area contributed by atoms with Gasteiger partial charge in [-0.25, -0.2) is 0 Å². The lowest BCUT2D eigenvalue weighted by Gasteiger charge is -2.34. The maximum Gasteiger partial charge on any atom is 0.0693 e. The molecule has 2 rings (SSSR count). The molecule has 1 aliphatic carbocycles. The van der Waals surface area contributed by atoms with Crippen LogP contribution in [0.25, 0.3) is 0 Å². The van der Waals surface area contributed by atoms with Crippen LogP contribution in [-0.2, 0) is 4.74 Å². The van der Waals surface area contributed by atoms with Crippen LogP contribution in [0.1, 0.15) is 64.7 Å². The van der Waals surface area contributed by atoms with E-state index in [-0.39, 0.29) is 6.10 Å². The smallest absolute Gasteiger partial charge is 0.0693 e. The molecule has 0 bridgehead atoms. The van der Waals surface area contributed by atoms with Gasteiger partial charge in [0.05, 0.1) is 12.2 Å². The van der Waals surface area contributed by atoms with Crippen molar-refractivity contribution in [2.75, 3.05) is 6.61 Å². The fraction of sp³-hybridized carbons (Fsp3) is 1.00. The quantitative estimate of drug-likeness (QED) is 0.759. The minimum absolute atomic E-state index is 0.139. The van der Waals surface area contributed by atoms with E-state index < -0.39 is 0 Å². The summed E-state index contributed by atoms with van der Waals surface area (Å²) in [6, 6.07) is 0.867. The number of ether oxygens (including phenoxy) is 1. The van der Waals surface area contributed by atoms with Crippen molar-refractivity contribution in [3.8, 4) is 0 Å². The van der Waals surface area contributed by atoms with Crippen molar-refractivity contribution in [1.29, 1.82) is 0 Å². The van der Waals surface area contributed by atoms with Gasteiger partial charge >= 0.3 is 0 Å². The van der Waals surface area contributed by atoms with E-state index in [1.807, 2.05) is 0 Å². The highest BCUT2D eigenvalue weighted by molar-refractivity contribution is 4.85. The Hall–Kier alpha value is -0.120. The lowest BCUT2D eigenvalue weighted by atomic mass is 9.97. The maximum absolute atomic E-state index is 10.2. The highest BCUT2D eigenvalue weighted by Gasteiger charge is 2.27. The summed E-state index contributed by atoms with van der Waals surface area (Å²) in [7, 11) is 0. The zero-order chi connectivity index (χ0) is 12.8. The van der Waals surface area contributed by atoms with E-state index in [1.54, 1.807) is 0 Å². The molecule has 1 heterocycles. The molecule has 4 unspecified atom stereocenters. The highest BCUT2D eigenvalue weighted by atomic mass is 16.5. The second kappa shape index (κ2) is 7.46. The minimum atomic E-state index is -0.139. The first-order valence-electron chi connectivity index (χ1n) is 7.85. The number of aliphatic hydroxyl groups is 1. The lowest BCUT2D eigenvalue weighted by molar-refractivity contribution is -0.00962. The second-order valence-electron chi connectivity index (χ2n) is 5.98. The predicted molar refractivity (Wildman–Crippen MR) is 73.7 cm³/mol. The summed E-state index contributed by atoms with van der Waals surface area (Å²) in [6.07, 6.45) is 10.7. The Kier molecular flexibility index (Phi) is 5.93. The Morgan fingerprint density at radius 1 is 1.17 bits per heavy atom. The molecule has 3 heteroatoms. The van der Waals surface area contributed by atoms with Crippen molar-refractivity contribution >= 4 is 0 Å². The van der Waals surface area contributed by atoms with Crippen LogP contribution >= 0.6 is 0 Å². The standard InChI is InChI=1S/C15H29NO2/c1-2-6-13-11-12(9-10-18-13)16-14-7-4-3-5-8-15(14)17/h12-17H,2-11H2,1H3. The molecule has 0 aromatic carbocycles. The van der Waals surface area contributed by atoms with Crippen LogP contribution in [0.4, 0.5) is 0 Å². The summed E-state index contributed by atoms with van der Waals surface area (Å²) in [5.41, 5.74) is 0. The van der Waals surface area contributed by atoms with E-state index in [1.165, 1.54) is 32.1 Å². The van der Waals surface area contributed by atoms with Gasteiger partial charge in [-0.3, -0.25) is 0 Å². The number of rotatable bonds is 4. The number of aliphatic hydroxyl groups excluding tert-OH is 1. The van der Waals surface area contributed by atoms with Gasteiger partial charge in [-0.1, -0.05) is 32.6 Å². The topological polar surface area (TPSA) is 41.5 Å². The molecule has 18 heavy (non-hydrogen) atoms. The SMILES string of the molecule is CCCC1CC(NC2CCCCCC2O)CCO1. The van der Waals surface area contributed by atoms with Crippen molar-refractivity contribution in [3.05, 3.63) is 0 Å². The Labute approximate surface area is 111 Å². The number of nitrogens with one attached hydrogen (secondary N) is 1. The van der Waals surface area contributed by atoms with Gasteiger partial charge in [0, 0.05) is 18.7 Å². The van der Waals surface area contributed by atoms with Crippen LogP contribution in [0.2, 0.25) is 0 Å². The third kappa shape index (κ3) is 4.22. The normalized spacial score (nSPS) is 38.3. The summed E-state index contributed by atoms with van der Waals surface area (Å²) in [6.45, 7) is 3.10. The molecule has 106 valence electrons. The van der Waals surface area contributed by atoms with Crippen LogP contribution in [0.3, 0.4) is 0 Å². The van der Waals surface area contributed by atoms with E-state index in [4.69, 9.17) is 4.74 Å². The second-order valence-corrected chi connectivity index (χ2v) is 5.98. The molecular formula is C15H29NO2. The summed E-state index contributed by atoms with van der Waals surface area (Å²) in [4.78, 5) is 0. The largest absolute Gasteiger partial charge is 0.392 e. The van der Waals surface area contributed by atoms with Gasteiger partial charge < -0.3 is 15.2 Å². The average molecular weight is 255 g/mol. The first kappa shape index (κ1) is 14.3. The van der Waals surface area contributed by atoms with Crippen LogP contribution in [0, 0.1) is 0 Å². The fourth-order valence-corrected chi connectivity index (χ4v) is 3.34. The van der Waals surface area contributed by atoms with Gasteiger partial charge in [-0.05, 0) is 32.1 Å². The molecule has 2 aliphatic rings. The van der Waals surface area contributed by atoms with Gasteiger partial charge in [0.2, 0.25) is 0 Å². The van der Waals surface area contributed by atoms with Crippen molar-refractivity contribution in [2.45, 2.75) is 89.0 Å². The highest BCUT2D eigenvalue weighted by Crippen LogP contribution is 2.22. The lowest BCUT2D eigenvalue weighted by Crippen LogP contribution is -2.48. The zero-order valence-electron chi connectivity index (χ0n) is 11.7. The van der Waals surface area contributed by atoms with E-state index >= 15 is 0 Å². The van der Waals surface area contributed by atoms with Crippen molar-refractivity contribution < 1.29 is 9.84 Å². The van der Waals surface area contributed by atoms with E-state index in [0.29, 0.717) is 18.2 Å².